The van der Waals surface area contributed by atoms with E-state index in [2.05, 4.69) is 10.0 Å². The Morgan fingerprint density at radius 2 is 1.62 bits per heavy atom. The van der Waals surface area contributed by atoms with Crippen LogP contribution in [0, 0.1) is 0 Å². The largest absolute Gasteiger partial charge is 0.346 e. The third-order valence-corrected chi connectivity index (χ3v) is 5.10. The monoisotopic (exact) mass is 346 g/mol. The highest BCUT2D eigenvalue weighted by molar-refractivity contribution is 7.89. The summed E-state index contributed by atoms with van der Waals surface area (Å²) in [5.41, 5.74) is 1.29. The Balaban J connectivity index is 2.18. The van der Waals surface area contributed by atoms with E-state index in [1.807, 2.05) is 37.3 Å². The maximum absolute atomic E-state index is 12.4. The van der Waals surface area contributed by atoms with Gasteiger partial charge in [0.15, 0.2) is 0 Å². The van der Waals surface area contributed by atoms with Crippen molar-refractivity contribution in [2.75, 3.05) is 0 Å². The highest BCUT2D eigenvalue weighted by atomic mass is 32.2. The first kappa shape index (κ1) is 18.2. The number of nitrogens with one attached hydrogen (secondary N) is 2. The van der Waals surface area contributed by atoms with Gasteiger partial charge >= 0.3 is 0 Å². The van der Waals surface area contributed by atoms with Gasteiger partial charge in [-0.25, -0.2) is 13.1 Å². The number of carbonyl (C=O) groups is 1. The molecule has 0 fully saturated rings. The molecule has 0 aliphatic rings. The Morgan fingerprint density at radius 3 is 2.25 bits per heavy atom. The van der Waals surface area contributed by atoms with Crippen LogP contribution in [-0.4, -0.2) is 20.4 Å². The predicted octanol–water partition coefficient (Wildman–Crippen LogP) is 2.86. The minimum absolute atomic E-state index is 0.0798. The van der Waals surface area contributed by atoms with Crippen molar-refractivity contribution in [2.45, 2.75) is 37.8 Å². The summed E-state index contributed by atoms with van der Waals surface area (Å²) < 4.78 is 26.9. The zero-order valence-electron chi connectivity index (χ0n) is 14.0. The molecule has 0 radical (unpaired) electrons. The van der Waals surface area contributed by atoms with Crippen molar-refractivity contribution in [1.82, 2.24) is 10.0 Å². The summed E-state index contributed by atoms with van der Waals surface area (Å²) in [5.74, 6) is -0.312. The van der Waals surface area contributed by atoms with Crippen molar-refractivity contribution < 1.29 is 13.2 Å². The Hall–Kier alpha value is -2.18. The molecule has 24 heavy (non-hydrogen) atoms. The molecule has 128 valence electrons. The fourth-order valence-electron chi connectivity index (χ4n) is 2.29. The number of carbonyl (C=O) groups excluding carboxylic acids is 1. The first-order chi connectivity index (χ1) is 11.3. The Morgan fingerprint density at radius 1 is 0.958 bits per heavy atom. The summed E-state index contributed by atoms with van der Waals surface area (Å²) in [5, 5.41) is 2.88. The molecule has 1 atom stereocenters. The zero-order valence-corrected chi connectivity index (χ0v) is 14.8. The van der Waals surface area contributed by atoms with E-state index < -0.39 is 10.0 Å². The van der Waals surface area contributed by atoms with Crippen LogP contribution in [0.3, 0.4) is 0 Å². The van der Waals surface area contributed by atoms with Gasteiger partial charge in [0, 0.05) is 11.6 Å². The Kier molecular flexibility index (Phi) is 5.75. The van der Waals surface area contributed by atoms with E-state index in [4.69, 9.17) is 0 Å². The molecule has 1 amide bonds. The van der Waals surface area contributed by atoms with Crippen LogP contribution in [0.5, 0.6) is 0 Å². The van der Waals surface area contributed by atoms with Crippen LogP contribution >= 0.6 is 0 Å². The molecule has 0 aliphatic heterocycles. The van der Waals surface area contributed by atoms with Crippen molar-refractivity contribution >= 4 is 15.9 Å². The molecule has 2 N–H and O–H groups in total. The maximum Gasteiger partial charge on any atom is 0.251 e. The maximum atomic E-state index is 12.4. The van der Waals surface area contributed by atoms with Crippen LogP contribution in [0.25, 0.3) is 0 Å². The van der Waals surface area contributed by atoms with Crippen molar-refractivity contribution in [2.24, 2.45) is 0 Å². The van der Waals surface area contributed by atoms with Gasteiger partial charge in [0.2, 0.25) is 10.0 Å². The third kappa shape index (κ3) is 4.66. The molecular formula is C18H22N2O3S. The lowest BCUT2D eigenvalue weighted by molar-refractivity contribution is 0.0939. The van der Waals surface area contributed by atoms with Crippen LogP contribution in [0.4, 0.5) is 0 Å². The van der Waals surface area contributed by atoms with E-state index in [0.29, 0.717) is 5.56 Å². The van der Waals surface area contributed by atoms with Gasteiger partial charge in [-0.15, -0.1) is 0 Å². The first-order valence-corrected chi connectivity index (χ1v) is 9.26. The van der Waals surface area contributed by atoms with Crippen molar-refractivity contribution in [3.63, 3.8) is 0 Å². The molecule has 2 aromatic rings. The summed E-state index contributed by atoms with van der Waals surface area (Å²) in [6, 6.07) is 15.2. The number of hydrogen-bond donors (Lipinski definition) is 2. The van der Waals surface area contributed by atoms with Crippen LogP contribution in [-0.2, 0) is 10.0 Å². The molecule has 2 rings (SSSR count). The summed E-state index contributed by atoms with van der Waals surface area (Å²) >= 11 is 0. The molecule has 0 saturated carbocycles. The summed E-state index contributed by atoms with van der Waals surface area (Å²) in [4.78, 5) is 12.5. The van der Waals surface area contributed by atoms with Gasteiger partial charge in [0.25, 0.3) is 5.91 Å². The molecule has 2 aromatic carbocycles. The van der Waals surface area contributed by atoms with Crippen molar-refractivity contribution in [3.8, 4) is 0 Å². The first-order valence-electron chi connectivity index (χ1n) is 7.78. The van der Waals surface area contributed by atoms with E-state index in [1.54, 1.807) is 26.0 Å². The van der Waals surface area contributed by atoms with Gasteiger partial charge in [-0.05, 0) is 44.5 Å². The van der Waals surface area contributed by atoms with Gasteiger partial charge in [0.05, 0.1) is 10.9 Å². The average molecular weight is 346 g/mol. The highest BCUT2D eigenvalue weighted by Gasteiger charge is 2.18. The molecule has 6 heteroatoms. The van der Waals surface area contributed by atoms with Crippen LogP contribution in [0.2, 0.25) is 0 Å². The molecular weight excluding hydrogens is 324 g/mol. The molecule has 5 nitrogen and oxygen atoms in total. The van der Waals surface area contributed by atoms with Gasteiger partial charge in [-0.3, -0.25) is 4.79 Å². The van der Waals surface area contributed by atoms with Crippen molar-refractivity contribution in [3.05, 3.63) is 65.7 Å². The molecule has 0 aliphatic carbocycles. The minimum Gasteiger partial charge on any atom is -0.346 e. The fourth-order valence-corrected chi connectivity index (χ4v) is 3.58. The fraction of sp³-hybridized carbons (Fsp3) is 0.278. The zero-order chi connectivity index (χ0) is 17.7. The predicted molar refractivity (Wildman–Crippen MR) is 94.2 cm³/mol. The molecule has 0 saturated heterocycles. The average Bonchev–Trinajstić information content (AvgIpc) is 2.54. The summed E-state index contributed by atoms with van der Waals surface area (Å²) in [6.45, 7) is 5.37. The number of rotatable bonds is 6. The van der Waals surface area contributed by atoms with Gasteiger partial charge in [-0.1, -0.05) is 36.4 Å². The van der Waals surface area contributed by atoms with Crippen LogP contribution < -0.4 is 10.0 Å². The van der Waals surface area contributed by atoms with Gasteiger partial charge in [0.1, 0.15) is 0 Å². The van der Waals surface area contributed by atoms with Crippen LogP contribution in [0.1, 0.15) is 42.7 Å². The minimum atomic E-state index is -3.63. The summed E-state index contributed by atoms with van der Waals surface area (Å²) in [7, 11) is -3.63. The second-order valence-electron chi connectivity index (χ2n) is 5.91. The van der Waals surface area contributed by atoms with E-state index in [1.165, 1.54) is 12.1 Å². The second kappa shape index (κ2) is 7.59. The molecule has 0 aromatic heterocycles. The highest BCUT2D eigenvalue weighted by Crippen LogP contribution is 2.15. The molecule has 0 bridgehead atoms. The van der Waals surface area contributed by atoms with Gasteiger partial charge < -0.3 is 5.32 Å². The smallest absolute Gasteiger partial charge is 0.251 e. The lowest BCUT2D eigenvalue weighted by Gasteiger charge is -2.15. The van der Waals surface area contributed by atoms with Crippen molar-refractivity contribution in [1.29, 1.82) is 0 Å². The SMILES string of the molecule is CC(C)NS(=O)(=O)c1cccc(C(=O)N[C@@H](C)c2ccccc2)c1. The molecule has 0 spiro atoms. The van der Waals surface area contributed by atoms with Crippen LogP contribution in [0.15, 0.2) is 59.5 Å². The molecule has 0 heterocycles. The van der Waals surface area contributed by atoms with E-state index >= 15 is 0 Å². The number of hydrogen-bond acceptors (Lipinski definition) is 3. The van der Waals surface area contributed by atoms with E-state index in [-0.39, 0.29) is 22.9 Å². The lowest BCUT2D eigenvalue weighted by atomic mass is 10.1. The number of amides is 1. The quantitative estimate of drug-likeness (QED) is 0.844. The molecule has 0 unspecified atom stereocenters. The Bertz CT molecular complexity index is 802. The van der Waals surface area contributed by atoms with E-state index in [9.17, 15) is 13.2 Å². The topological polar surface area (TPSA) is 75.3 Å². The lowest BCUT2D eigenvalue weighted by Crippen LogP contribution is -2.31. The van der Waals surface area contributed by atoms with E-state index in [0.717, 1.165) is 5.56 Å². The summed E-state index contributed by atoms with van der Waals surface area (Å²) in [6.07, 6.45) is 0. The second-order valence-corrected chi connectivity index (χ2v) is 7.62. The Labute approximate surface area is 143 Å². The number of sulfonamides is 1. The van der Waals surface area contributed by atoms with Gasteiger partial charge in [-0.2, -0.15) is 0 Å². The normalized spacial score (nSPS) is 12.8. The third-order valence-electron chi connectivity index (χ3n) is 3.44. The standard InChI is InChI=1S/C18H22N2O3S/c1-13(2)20-24(22,23)17-11-7-10-16(12-17)18(21)19-14(3)15-8-5-4-6-9-15/h4-14,20H,1-3H3,(H,19,21)/t14-/m0/s1. The number of benzene rings is 2.